The highest BCUT2D eigenvalue weighted by Gasteiger charge is 2.06. The number of hydrogen-bond donors (Lipinski definition) is 3. The number of thiocarbonyl (C=S) groups is 1. The number of nitrogens with one attached hydrogen (secondary N) is 2. The van der Waals surface area contributed by atoms with E-state index in [1.54, 1.807) is 6.07 Å². The van der Waals surface area contributed by atoms with Gasteiger partial charge in [0.25, 0.3) is 0 Å². The summed E-state index contributed by atoms with van der Waals surface area (Å²) >= 11 is 7.02. The van der Waals surface area contributed by atoms with E-state index in [2.05, 4.69) is 33.2 Å². The van der Waals surface area contributed by atoms with Crippen molar-refractivity contribution in [1.82, 2.24) is 10.6 Å². The van der Waals surface area contributed by atoms with Crippen LogP contribution in [0.4, 0.5) is 4.39 Å². The minimum Gasteiger partial charge on any atom is -0.395 e. The molecule has 0 bridgehead atoms. The molecule has 1 aromatic rings. The van der Waals surface area contributed by atoms with Gasteiger partial charge in [-0.05, 0) is 46.9 Å². The van der Waals surface area contributed by atoms with Crippen LogP contribution >= 0.6 is 34.8 Å². The van der Waals surface area contributed by atoms with Crippen LogP contribution in [0.5, 0.6) is 0 Å². The normalized spacial score (nSPS) is 9.94. The van der Waals surface area contributed by atoms with Crippen molar-refractivity contribution in [3.05, 3.63) is 33.1 Å². The zero-order valence-corrected chi connectivity index (χ0v) is 11.4. The summed E-state index contributed by atoms with van der Waals surface area (Å²) in [5.74, 6) is -0.246. The first-order valence-corrected chi connectivity index (χ1v) is 6.19. The van der Waals surface area contributed by atoms with Crippen molar-refractivity contribution in [2.24, 2.45) is 0 Å². The summed E-state index contributed by atoms with van der Waals surface area (Å²) in [6.45, 7) is 0.738. The van der Waals surface area contributed by atoms with Gasteiger partial charge in [0.1, 0.15) is 5.82 Å². The van der Waals surface area contributed by atoms with Crippen molar-refractivity contribution in [2.75, 3.05) is 13.2 Å². The van der Waals surface area contributed by atoms with E-state index >= 15 is 0 Å². The number of aliphatic hydroxyl groups excluding tert-OH is 1. The Bertz CT molecular complexity index is 356. The molecule has 3 N–H and O–H groups in total. The third kappa shape index (κ3) is 4.18. The first-order valence-electron chi connectivity index (χ1n) is 4.70. The summed E-state index contributed by atoms with van der Waals surface area (Å²) in [5.41, 5.74) is 0.594. The van der Waals surface area contributed by atoms with Crippen LogP contribution in [0, 0.1) is 9.39 Å². The minimum atomic E-state index is -0.246. The summed E-state index contributed by atoms with van der Waals surface area (Å²) < 4.78 is 14.3. The molecule has 0 saturated carbocycles. The van der Waals surface area contributed by atoms with Gasteiger partial charge in [-0.25, -0.2) is 4.39 Å². The standard InChI is InChI=1S/C10H12FIN2OS/c11-8-2-1-3-9(12)7(8)6-14-10(16)13-4-5-15/h1-3,15H,4-6H2,(H2,13,14,16). The Morgan fingerprint density at radius 1 is 1.44 bits per heavy atom. The van der Waals surface area contributed by atoms with Gasteiger partial charge in [-0.2, -0.15) is 0 Å². The molecule has 16 heavy (non-hydrogen) atoms. The number of halogens is 2. The van der Waals surface area contributed by atoms with E-state index in [-0.39, 0.29) is 12.4 Å². The highest BCUT2D eigenvalue weighted by atomic mass is 127. The van der Waals surface area contributed by atoms with Crippen LogP contribution in [0.1, 0.15) is 5.56 Å². The van der Waals surface area contributed by atoms with Crippen molar-refractivity contribution >= 4 is 39.9 Å². The minimum absolute atomic E-state index is 0.0129. The Morgan fingerprint density at radius 2 is 2.19 bits per heavy atom. The van der Waals surface area contributed by atoms with Gasteiger partial charge in [0.2, 0.25) is 0 Å². The van der Waals surface area contributed by atoms with Crippen molar-refractivity contribution in [3.8, 4) is 0 Å². The molecule has 0 radical (unpaired) electrons. The number of hydrogen-bond acceptors (Lipinski definition) is 2. The average molecular weight is 354 g/mol. The van der Waals surface area contributed by atoms with Crippen LogP contribution in [-0.2, 0) is 6.54 Å². The summed E-state index contributed by atoms with van der Waals surface area (Å²) in [5, 5.41) is 14.7. The summed E-state index contributed by atoms with van der Waals surface area (Å²) in [7, 11) is 0. The second-order valence-electron chi connectivity index (χ2n) is 3.03. The molecule has 6 heteroatoms. The molecule has 0 aliphatic heterocycles. The van der Waals surface area contributed by atoms with Crippen LogP contribution < -0.4 is 10.6 Å². The fraction of sp³-hybridized carbons (Fsp3) is 0.300. The number of benzene rings is 1. The predicted molar refractivity (Wildman–Crippen MR) is 73.6 cm³/mol. The van der Waals surface area contributed by atoms with Crippen LogP contribution in [0.25, 0.3) is 0 Å². The lowest BCUT2D eigenvalue weighted by Crippen LogP contribution is -2.36. The molecule has 0 aliphatic rings. The lowest BCUT2D eigenvalue weighted by atomic mass is 10.2. The lowest BCUT2D eigenvalue weighted by molar-refractivity contribution is 0.300. The molecule has 1 aromatic carbocycles. The lowest BCUT2D eigenvalue weighted by Gasteiger charge is -2.11. The second-order valence-corrected chi connectivity index (χ2v) is 4.60. The maximum Gasteiger partial charge on any atom is 0.166 e. The van der Waals surface area contributed by atoms with Gasteiger partial charge in [0, 0.05) is 22.2 Å². The Kier molecular flexibility index (Phi) is 5.93. The smallest absolute Gasteiger partial charge is 0.166 e. The van der Waals surface area contributed by atoms with E-state index < -0.39 is 0 Å². The monoisotopic (exact) mass is 354 g/mol. The first kappa shape index (κ1) is 13.6. The van der Waals surface area contributed by atoms with Crippen LogP contribution in [-0.4, -0.2) is 23.4 Å². The van der Waals surface area contributed by atoms with Crippen molar-refractivity contribution in [1.29, 1.82) is 0 Å². The van der Waals surface area contributed by atoms with Gasteiger partial charge in [-0.15, -0.1) is 0 Å². The predicted octanol–water partition coefficient (Wildman–Crippen LogP) is 1.39. The zero-order valence-electron chi connectivity index (χ0n) is 8.46. The molecule has 0 heterocycles. The van der Waals surface area contributed by atoms with E-state index in [0.717, 1.165) is 3.57 Å². The largest absolute Gasteiger partial charge is 0.395 e. The molecule has 0 unspecified atom stereocenters. The second kappa shape index (κ2) is 6.97. The molecule has 0 fully saturated rings. The van der Waals surface area contributed by atoms with Gasteiger partial charge >= 0.3 is 0 Å². The Morgan fingerprint density at radius 3 is 2.81 bits per heavy atom. The molecule has 0 aliphatic carbocycles. The Labute approximate surface area is 113 Å². The van der Waals surface area contributed by atoms with Crippen LogP contribution in [0.15, 0.2) is 18.2 Å². The summed E-state index contributed by atoms with van der Waals surface area (Å²) in [6.07, 6.45) is 0. The van der Waals surface area contributed by atoms with Gasteiger partial charge in [-0.3, -0.25) is 0 Å². The average Bonchev–Trinajstić information content (AvgIpc) is 2.25. The Hall–Kier alpha value is -0.470. The summed E-state index contributed by atoms with van der Waals surface area (Å²) in [6, 6.07) is 4.93. The zero-order chi connectivity index (χ0) is 12.0. The van der Waals surface area contributed by atoms with E-state index in [1.165, 1.54) is 6.07 Å². The molecule has 3 nitrogen and oxygen atoms in total. The van der Waals surface area contributed by atoms with Gasteiger partial charge in [0.05, 0.1) is 6.61 Å². The van der Waals surface area contributed by atoms with Crippen LogP contribution in [0.3, 0.4) is 0 Å². The highest BCUT2D eigenvalue weighted by Crippen LogP contribution is 2.15. The van der Waals surface area contributed by atoms with E-state index in [1.807, 2.05) is 6.07 Å². The van der Waals surface area contributed by atoms with Crippen molar-refractivity contribution < 1.29 is 9.50 Å². The van der Waals surface area contributed by atoms with Crippen LogP contribution in [0.2, 0.25) is 0 Å². The summed E-state index contributed by atoms with van der Waals surface area (Å²) in [4.78, 5) is 0. The maximum atomic E-state index is 13.4. The Balaban J connectivity index is 2.51. The molecular formula is C10H12FIN2OS. The maximum absolute atomic E-state index is 13.4. The first-order chi connectivity index (χ1) is 7.65. The molecule has 1 rings (SSSR count). The molecule has 0 aromatic heterocycles. The third-order valence-corrected chi connectivity index (χ3v) is 3.18. The third-order valence-electron chi connectivity index (χ3n) is 1.88. The van der Waals surface area contributed by atoms with Gasteiger partial charge in [0.15, 0.2) is 5.11 Å². The fourth-order valence-electron chi connectivity index (χ4n) is 1.10. The van der Waals surface area contributed by atoms with E-state index in [9.17, 15) is 4.39 Å². The van der Waals surface area contributed by atoms with Crippen molar-refractivity contribution in [3.63, 3.8) is 0 Å². The molecule has 0 saturated heterocycles. The SMILES string of the molecule is OCCNC(=S)NCc1c(F)cccc1I. The fourth-order valence-corrected chi connectivity index (χ4v) is 1.93. The number of rotatable bonds is 4. The highest BCUT2D eigenvalue weighted by molar-refractivity contribution is 14.1. The molecule has 0 atom stereocenters. The van der Waals surface area contributed by atoms with Gasteiger partial charge in [-0.1, -0.05) is 6.07 Å². The quantitative estimate of drug-likeness (QED) is 0.565. The van der Waals surface area contributed by atoms with E-state index in [4.69, 9.17) is 17.3 Å². The molecule has 0 spiro atoms. The molecular weight excluding hydrogens is 342 g/mol. The van der Waals surface area contributed by atoms with E-state index in [0.29, 0.717) is 23.8 Å². The number of aliphatic hydroxyl groups is 1. The van der Waals surface area contributed by atoms with Crippen molar-refractivity contribution in [2.45, 2.75) is 6.54 Å². The van der Waals surface area contributed by atoms with Gasteiger partial charge < -0.3 is 15.7 Å². The topological polar surface area (TPSA) is 44.3 Å². The molecule has 0 amide bonds. The molecule has 88 valence electrons.